The van der Waals surface area contributed by atoms with Gasteiger partial charge in [-0.05, 0) is 57.1 Å². The molecular weight excluding hydrogens is 288 g/mol. The number of carbonyl (C=O) groups excluding carboxylic acids is 1. The number of furan rings is 1. The maximum Gasteiger partial charge on any atom is 0.253 e. The van der Waals surface area contributed by atoms with Crippen LogP contribution < -0.4 is 0 Å². The van der Waals surface area contributed by atoms with Crippen LogP contribution in [0.15, 0.2) is 28.7 Å². The zero-order valence-electron chi connectivity index (χ0n) is 14.2. The van der Waals surface area contributed by atoms with E-state index < -0.39 is 0 Å². The van der Waals surface area contributed by atoms with E-state index in [-0.39, 0.29) is 5.91 Å². The molecule has 0 spiro atoms. The number of benzene rings is 1. The first-order valence-electron chi connectivity index (χ1n) is 8.61. The van der Waals surface area contributed by atoms with Crippen molar-refractivity contribution in [3.63, 3.8) is 0 Å². The Labute approximate surface area is 138 Å². The Hall–Kier alpha value is -1.81. The lowest BCUT2D eigenvalue weighted by Gasteiger charge is -2.24. The van der Waals surface area contributed by atoms with E-state index >= 15 is 0 Å². The van der Waals surface area contributed by atoms with E-state index in [4.69, 9.17) is 4.42 Å². The number of likely N-dealkylation sites (tertiary alicyclic amines) is 1. The second-order valence-electron chi connectivity index (χ2n) is 6.59. The summed E-state index contributed by atoms with van der Waals surface area (Å²) in [4.78, 5) is 16.9. The van der Waals surface area contributed by atoms with Crippen molar-refractivity contribution in [1.29, 1.82) is 0 Å². The average Bonchev–Trinajstić information content (AvgIpc) is 2.74. The van der Waals surface area contributed by atoms with Gasteiger partial charge in [-0.15, -0.1) is 0 Å². The van der Waals surface area contributed by atoms with Crippen molar-refractivity contribution in [3.05, 3.63) is 35.6 Å². The molecule has 1 amide bonds. The summed E-state index contributed by atoms with van der Waals surface area (Å²) in [6, 6.07) is 7.65. The summed E-state index contributed by atoms with van der Waals surface area (Å²) < 4.78 is 5.57. The minimum Gasteiger partial charge on any atom is -0.461 e. The number of nitrogens with zero attached hydrogens (tertiary/aromatic N) is 2. The molecule has 1 fully saturated rings. The first-order valence-corrected chi connectivity index (χ1v) is 8.61. The predicted molar refractivity (Wildman–Crippen MR) is 92.8 cm³/mol. The van der Waals surface area contributed by atoms with E-state index in [0.29, 0.717) is 0 Å². The summed E-state index contributed by atoms with van der Waals surface area (Å²) in [7, 11) is 1.89. The fourth-order valence-corrected chi connectivity index (χ4v) is 3.28. The van der Waals surface area contributed by atoms with Crippen molar-refractivity contribution < 1.29 is 9.21 Å². The lowest BCUT2D eigenvalue weighted by molar-refractivity contribution is 0.0778. The third-order valence-corrected chi connectivity index (χ3v) is 4.68. The third kappa shape index (κ3) is 3.94. The van der Waals surface area contributed by atoms with Gasteiger partial charge < -0.3 is 14.2 Å². The number of hydrogen-bond acceptors (Lipinski definition) is 3. The molecule has 0 saturated carbocycles. The summed E-state index contributed by atoms with van der Waals surface area (Å²) in [6.45, 7) is 6.01. The van der Waals surface area contributed by atoms with Gasteiger partial charge in [-0.2, -0.15) is 0 Å². The Kier molecular flexibility index (Phi) is 5.01. The van der Waals surface area contributed by atoms with Crippen molar-refractivity contribution in [3.8, 4) is 0 Å². The van der Waals surface area contributed by atoms with Gasteiger partial charge in [-0.25, -0.2) is 0 Å². The number of hydrogen-bond donors (Lipinski definition) is 0. The highest BCUT2D eigenvalue weighted by atomic mass is 16.3. The Morgan fingerprint density at radius 3 is 2.65 bits per heavy atom. The Bertz CT molecular complexity index is 669. The van der Waals surface area contributed by atoms with Crippen LogP contribution in [-0.2, 0) is 0 Å². The quantitative estimate of drug-likeness (QED) is 0.863. The molecule has 0 unspecified atom stereocenters. The van der Waals surface area contributed by atoms with Crippen LogP contribution in [0.1, 0.15) is 41.8 Å². The second-order valence-corrected chi connectivity index (χ2v) is 6.59. The van der Waals surface area contributed by atoms with Gasteiger partial charge in [0.05, 0.1) is 0 Å². The smallest absolute Gasteiger partial charge is 0.253 e. The van der Waals surface area contributed by atoms with Crippen molar-refractivity contribution in [2.75, 3.05) is 33.2 Å². The van der Waals surface area contributed by atoms with E-state index in [1.807, 2.05) is 43.1 Å². The van der Waals surface area contributed by atoms with Gasteiger partial charge in [-0.3, -0.25) is 4.79 Å². The predicted octanol–water partition coefficient (Wildman–Crippen LogP) is 3.69. The van der Waals surface area contributed by atoms with Gasteiger partial charge >= 0.3 is 0 Å². The number of amides is 1. The van der Waals surface area contributed by atoms with Crippen molar-refractivity contribution in [1.82, 2.24) is 9.80 Å². The molecule has 0 atom stereocenters. The zero-order valence-corrected chi connectivity index (χ0v) is 14.2. The summed E-state index contributed by atoms with van der Waals surface area (Å²) in [5.74, 6) is 0.958. The molecule has 0 bridgehead atoms. The van der Waals surface area contributed by atoms with Crippen LogP contribution in [0.3, 0.4) is 0 Å². The highest BCUT2D eigenvalue weighted by molar-refractivity contribution is 5.97. The molecule has 3 rings (SSSR count). The van der Waals surface area contributed by atoms with Gasteiger partial charge in [0.1, 0.15) is 11.3 Å². The van der Waals surface area contributed by atoms with Crippen LogP contribution in [0.2, 0.25) is 0 Å². The number of carbonyl (C=O) groups is 1. The number of rotatable bonds is 4. The molecule has 2 heterocycles. The van der Waals surface area contributed by atoms with Crippen molar-refractivity contribution in [2.24, 2.45) is 0 Å². The fraction of sp³-hybridized carbons (Fsp3) is 0.526. The van der Waals surface area contributed by atoms with Crippen molar-refractivity contribution >= 4 is 16.9 Å². The summed E-state index contributed by atoms with van der Waals surface area (Å²) in [5, 5.41) is 0.995. The van der Waals surface area contributed by atoms with Gasteiger partial charge in [0.15, 0.2) is 0 Å². The molecule has 4 heteroatoms. The molecule has 2 aromatic rings. The average molecular weight is 314 g/mol. The van der Waals surface area contributed by atoms with Crippen LogP contribution in [0, 0.1) is 6.92 Å². The molecule has 0 radical (unpaired) electrons. The van der Waals surface area contributed by atoms with Crippen molar-refractivity contribution in [2.45, 2.75) is 32.6 Å². The van der Waals surface area contributed by atoms with Gasteiger partial charge in [0, 0.05) is 31.1 Å². The largest absolute Gasteiger partial charge is 0.461 e. The van der Waals surface area contributed by atoms with E-state index in [1.165, 1.54) is 38.8 Å². The normalized spacial score (nSPS) is 16.4. The summed E-state index contributed by atoms with van der Waals surface area (Å²) in [6.07, 6.45) is 5.26. The van der Waals surface area contributed by atoms with Crippen LogP contribution in [-0.4, -0.2) is 48.9 Å². The molecule has 23 heavy (non-hydrogen) atoms. The molecule has 124 valence electrons. The summed E-state index contributed by atoms with van der Waals surface area (Å²) >= 11 is 0. The fourth-order valence-electron chi connectivity index (χ4n) is 3.28. The standard InChI is InChI=1S/C19H26N2O2/c1-15-13-17-14-16(7-8-18(17)23-15)19(22)20(2)11-12-21-9-5-3-4-6-10-21/h7-8,13-14H,3-6,9-12H2,1-2H3. The van der Waals surface area contributed by atoms with Gasteiger partial charge in [-0.1, -0.05) is 12.8 Å². The highest BCUT2D eigenvalue weighted by Gasteiger charge is 2.15. The van der Waals surface area contributed by atoms with E-state index in [0.717, 1.165) is 35.4 Å². The molecule has 1 aliphatic heterocycles. The summed E-state index contributed by atoms with van der Waals surface area (Å²) in [5.41, 5.74) is 1.57. The molecule has 1 saturated heterocycles. The molecule has 1 aromatic carbocycles. The molecule has 1 aliphatic rings. The van der Waals surface area contributed by atoms with Crippen LogP contribution >= 0.6 is 0 Å². The molecule has 1 aromatic heterocycles. The van der Waals surface area contributed by atoms with Crippen LogP contribution in [0.4, 0.5) is 0 Å². The Morgan fingerprint density at radius 2 is 1.91 bits per heavy atom. The van der Waals surface area contributed by atoms with Gasteiger partial charge in [0.2, 0.25) is 0 Å². The lowest BCUT2D eigenvalue weighted by atomic mass is 10.1. The minimum atomic E-state index is 0.0839. The molecule has 4 nitrogen and oxygen atoms in total. The third-order valence-electron chi connectivity index (χ3n) is 4.68. The van der Waals surface area contributed by atoms with E-state index in [2.05, 4.69) is 4.90 Å². The molecular formula is C19H26N2O2. The van der Waals surface area contributed by atoms with Crippen LogP contribution in [0.5, 0.6) is 0 Å². The Morgan fingerprint density at radius 1 is 1.17 bits per heavy atom. The maximum atomic E-state index is 12.6. The molecule has 0 N–H and O–H groups in total. The number of aryl methyl sites for hydroxylation is 1. The lowest BCUT2D eigenvalue weighted by Crippen LogP contribution is -2.36. The first-order chi connectivity index (χ1) is 11.1. The highest BCUT2D eigenvalue weighted by Crippen LogP contribution is 2.21. The van der Waals surface area contributed by atoms with E-state index in [9.17, 15) is 4.79 Å². The first kappa shape index (κ1) is 16.1. The van der Waals surface area contributed by atoms with Crippen LogP contribution in [0.25, 0.3) is 11.0 Å². The molecule has 0 aliphatic carbocycles. The number of fused-ring (bicyclic) bond motifs is 1. The second kappa shape index (κ2) is 7.18. The monoisotopic (exact) mass is 314 g/mol. The Balaban J connectivity index is 1.61. The number of likely N-dealkylation sites (N-methyl/N-ethyl adjacent to an activating group) is 1. The SMILES string of the molecule is Cc1cc2cc(C(=O)N(C)CCN3CCCCCC3)ccc2o1. The maximum absolute atomic E-state index is 12.6. The zero-order chi connectivity index (χ0) is 16.2. The van der Waals surface area contributed by atoms with Gasteiger partial charge in [0.25, 0.3) is 5.91 Å². The minimum absolute atomic E-state index is 0.0839. The topological polar surface area (TPSA) is 36.7 Å². The van der Waals surface area contributed by atoms with E-state index in [1.54, 1.807) is 0 Å².